The molecular formula is C14H9NO2S. The average molecular weight is 255 g/mol. The van der Waals surface area contributed by atoms with E-state index in [1.807, 2.05) is 29.6 Å². The molecule has 0 saturated carbocycles. The second-order valence-electron chi connectivity index (χ2n) is 3.99. The van der Waals surface area contributed by atoms with Gasteiger partial charge in [-0.2, -0.15) is 0 Å². The van der Waals surface area contributed by atoms with Crippen LogP contribution in [0.25, 0.3) is 5.57 Å². The standard InChI is InChI=1S/C14H9NO2S/c16-12(8-9-4-3-7-18-9)13-10-5-1-2-6-11(10)15-14(13)17/h1-7H,8H2. The minimum Gasteiger partial charge on any atom is -0.294 e. The zero-order valence-corrected chi connectivity index (χ0v) is 10.2. The summed E-state index contributed by atoms with van der Waals surface area (Å²) in [6, 6.07) is 10.9. The highest BCUT2D eigenvalue weighted by molar-refractivity contribution is 7.10. The number of carbonyl (C=O) groups excluding carboxylic acids is 2. The van der Waals surface area contributed by atoms with Crippen LogP contribution in [-0.2, 0) is 16.0 Å². The quantitative estimate of drug-likeness (QED) is 0.817. The van der Waals surface area contributed by atoms with Gasteiger partial charge in [-0.25, -0.2) is 4.99 Å². The molecule has 0 N–H and O–H groups in total. The van der Waals surface area contributed by atoms with Crippen LogP contribution in [0.3, 0.4) is 0 Å². The Bertz CT molecular complexity index is 744. The summed E-state index contributed by atoms with van der Waals surface area (Å²) < 4.78 is 0. The highest BCUT2D eigenvalue weighted by atomic mass is 32.1. The zero-order chi connectivity index (χ0) is 12.5. The molecular weight excluding hydrogens is 246 g/mol. The fourth-order valence-electron chi connectivity index (χ4n) is 1.99. The number of para-hydroxylation sites is 1. The number of hydrogen-bond donors (Lipinski definition) is 0. The molecule has 0 saturated heterocycles. The molecule has 0 atom stereocenters. The van der Waals surface area contributed by atoms with Crippen LogP contribution in [0.2, 0.25) is 0 Å². The zero-order valence-electron chi connectivity index (χ0n) is 9.42. The van der Waals surface area contributed by atoms with E-state index >= 15 is 0 Å². The van der Waals surface area contributed by atoms with Crippen LogP contribution >= 0.6 is 11.3 Å². The first-order chi connectivity index (χ1) is 8.75. The van der Waals surface area contributed by atoms with E-state index in [9.17, 15) is 9.59 Å². The molecule has 1 aromatic heterocycles. The van der Waals surface area contributed by atoms with E-state index in [4.69, 9.17) is 0 Å². The van der Waals surface area contributed by atoms with Crippen LogP contribution in [0.5, 0.6) is 0 Å². The lowest BCUT2D eigenvalue weighted by atomic mass is 10.1. The molecule has 1 amide bonds. The molecule has 88 valence electrons. The molecule has 1 aliphatic heterocycles. The first-order valence-corrected chi connectivity index (χ1v) is 6.41. The van der Waals surface area contributed by atoms with Crippen molar-refractivity contribution in [2.45, 2.75) is 6.42 Å². The molecule has 2 heterocycles. The Labute approximate surface area is 107 Å². The molecule has 0 radical (unpaired) electrons. The minimum absolute atomic E-state index is 0.156. The van der Waals surface area contributed by atoms with Crippen molar-refractivity contribution in [3.8, 4) is 0 Å². The summed E-state index contributed by atoms with van der Waals surface area (Å²) in [5, 5.41) is 3.17. The maximum atomic E-state index is 12.2. The van der Waals surface area contributed by atoms with Crippen LogP contribution in [-0.4, -0.2) is 11.7 Å². The molecule has 2 aromatic rings. The number of benzene rings is 1. The van der Waals surface area contributed by atoms with E-state index in [0.29, 0.717) is 10.6 Å². The first kappa shape index (κ1) is 11.0. The predicted molar refractivity (Wildman–Crippen MR) is 68.7 cm³/mol. The summed E-state index contributed by atoms with van der Waals surface area (Å²) in [6.07, 6.45) is 0.266. The molecule has 3 nitrogen and oxygen atoms in total. The minimum atomic E-state index is -0.419. The van der Waals surface area contributed by atoms with Gasteiger partial charge in [-0.3, -0.25) is 9.59 Å². The summed E-state index contributed by atoms with van der Waals surface area (Å²) in [5.74, 6) is -0.575. The van der Waals surface area contributed by atoms with E-state index in [0.717, 1.165) is 4.88 Å². The second-order valence-corrected chi connectivity index (χ2v) is 5.02. The maximum Gasteiger partial charge on any atom is 0.281 e. The number of fused-ring (bicyclic) bond motifs is 1. The average Bonchev–Trinajstić information content (AvgIpc) is 2.94. The van der Waals surface area contributed by atoms with E-state index in [1.165, 1.54) is 11.3 Å². The fraction of sp³-hybridized carbons (Fsp3) is 0.0714. The summed E-state index contributed by atoms with van der Waals surface area (Å²) in [6.45, 7) is 0. The van der Waals surface area contributed by atoms with Crippen molar-refractivity contribution in [1.82, 2.24) is 0 Å². The fourth-order valence-corrected chi connectivity index (χ4v) is 2.70. The van der Waals surface area contributed by atoms with Crippen molar-refractivity contribution in [2.75, 3.05) is 0 Å². The van der Waals surface area contributed by atoms with Gasteiger partial charge >= 0.3 is 0 Å². The SMILES string of the molecule is O=C(Cc1cccs1)C1=c2ccccc2=NC1=O. The predicted octanol–water partition coefficient (Wildman–Crippen LogP) is 0.870. The Morgan fingerprint density at radius 2 is 2.00 bits per heavy atom. The van der Waals surface area contributed by atoms with Gasteiger partial charge in [0.05, 0.1) is 10.9 Å². The van der Waals surface area contributed by atoms with Gasteiger partial charge in [0.1, 0.15) is 0 Å². The third kappa shape index (κ3) is 1.80. The monoisotopic (exact) mass is 255 g/mol. The number of Topliss-reactive ketones (excluding diaryl/α,β-unsaturated/α-hetero) is 1. The maximum absolute atomic E-state index is 12.2. The van der Waals surface area contributed by atoms with Crippen molar-refractivity contribution in [1.29, 1.82) is 0 Å². The third-order valence-electron chi connectivity index (χ3n) is 2.80. The van der Waals surface area contributed by atoms with Crippen LogP contribution < -0.4 is 10.6 Å². The van der Waals surface area contributed by atoms with Gasteiger partial charge in [-0.1, -0.05) is 24.3 Å². The molecule has 1 aliphatic rings. The van der Waals surface area contributed by atoms with Gasteiger partial charge in [0.15, 0.2) is 5.78 Å². The molecule has 0 spiro atoms. The van der Waals surface area contributed by atoms with Gasteiger partial charge in [0.25, 0.3) is 5.91 Å². The lowest BCUT2D eigenvalue weighted by Crippen LogP contribution is -2.25. The summed E-state index contributed by atoms with van der Waals surface area (Å²) >= 11 is 1.52. The molecule has 0 aliphatic carbocycles. The summed E-state index contributed by atoms with van der Waals surface area (Å²) in [7, 11) is 0. The molecule has 0 bridgehead atoms. The second kappa shape index (κ2) is 4.31. The highest BCUT2D eigenvalue weighted by Crippen LogP contribution is 2.13. The Kier molecular flexibility index (Phi) is 2.64. The van der Waals surface area contributed by atoms with E-state index in [2.05, 4.69) is 4.99 Å². The Morgan fingerprint density at radius 3 is 2.78 bits per heavy atom. The molecule has 4 heteroatoms. The van der Waals surface area contributed by atoms with Gasteiger partial charge in [0.2, 0.25) is 0 Å². The van der Waals surface area contributed by atoms with Crippen LogP contribution in [0, 0.1) is 0 Å². The van der Waals surface area contributed by atoms with Gasteiger partial charge in [-0.15, -0.1) is 11.3 Å². The third-order valence-corrected chi connectivity index (χ3v) is 3.68. The largest absolute Gasteiger partial charge is 0.294 e. The molecule has 18 heavy (non-hydrogen) atoms. The number of nitrogens with zero attached hydrogens (tertiary/aromatic N) is 1. The lowest BCUT2D eigenvalue weighted by Gasteiger charge is -1.97. The highest BCUT2D eigenvalue weighted by Gasteiger charge is 2.23. The smallest absolute Gasteiger partial charge is 0.281 e. The van der Waals surface area contributed by atoms with Crippen LogP contribution in [0.1, 0.15) is 4.88 Å². The van der Waals surface area contributed by atoms with Crippen LogP contribution in [0.4, 0.5) is 0 Å². The van der Waals surface area contributed by atoms with Crippen molar-refractivity contribution in [3.05, 3.63) is 57.2 Å². The Morgan fingerprint density at radius 1 is 1.17 bits per heavy atom. The number of hydrogen-bond acceptors (Lipinski definition) is 3. The lowest BCUT2D eigenvalue weighted by molar-refractivity contribution is -0.117. The number of ketones is 1. The summed E-state index contributed by atoms with van der Waals surface area (Å²) in [4.78, 5) is 28.8. The Hall–Kier alpha value is -2.07. The Balaban J connectivity index is 2.05. The molecule has 1 aromatic carbocycles. The van der Waals surface area contributed by atoms with Crippen molar-refractivity contribution >= 4 is 28.6 Å². The van der Waals surface area contributed by atoms with Crippen molar-refractivity contribution < 1.29 is 9.59 Å². The number of carbonyl (C=O) groups is 2. The topological polar surface area (TPSA) is 46.5 Å². The van der Waals surface area contributed by atoms with Gasteiger partial charge < -0.3 is 0 Å². The van der Waals surface area contributed by atoms with E-state index in [-0.39, 0.29) is 17.8 Å². The molecule has 0 unspecified atom stereocenters. The molecule has 3 rings (SSSR count). The van der Waals surface area contributed by atoms with E-state index in [1.54, 1.807) is 12.1 Å². The van der Waals surface area contributed by atoms with E-state index < -0.39 is 5.91 Å². The number of rotatable bonds is 3. The van der Waals surface area contributed by atoms with Gasteiger partial charge in [0, 0.05) is 16.5 Å². The molecule has 0 fully saturated rings. The number of amides is 1. The van der Waals surface area contributed by atoms with Crippen molar-refractivity contribution in [2.24, 2.45) is 4.99 Å². The van der Waals surface area contributed by atoms with Crippen molar-refractivity contribution in [3.63, 3.8) is 0 Å². The first-order valence-electron chi connectivity index (χ1n) is 5.54. The van der Waals surface area contributed by atoms with Gasteiger partial charge in [-0.05, 0) is 17.5 Å². The normalized spacial score (nSPS) is 13.3. The summed E-state index contributed by atoms with van der Waals surface area (Å²) in [5.41, 5.74) is 0.221. The number of thiophene rings is 1. The van der Waals surface area contributed by atoms with Crippen LogP contribution in [0.15, 0.2) is 46.8 Å².